The topological polar surface area (TPSA) is 21.3 Å². The lowest BCUT2D eigenvalue weighted by atomic mass is 10.2. The molecule has 0 radical (unpaired) electrons. The van der Waals surface area contributed by atoms with E-state index in [-0.39, 0.29) is 0 Å². The molecule has 0 saturated heterocycles. The second kappa shape index (κ2) is 6.68. The van der Waals surface area contributed by atoms with Gasteiger partial charge in [0, 0.05) is 31.8 Å². The average molecular weight is 214 g/mol. The van der Waals surface area contributed by atoms with E-state index in [9.17, 15) is 0 Å². The van der Waals surface area contributed by atoms with Crippen molar-refractivity contribution >= 4 is 17.3 Å². The third-order valence-electron chi connectivity index (χ3n) is 1.94. The molecular weight excluding hydrogens is 198 g/mol. The molecule has 78 valence electrons. The first-order valence-corrected chi connectivity index (χ1v) is 5.28. The number of alkyl halides is 1. The molecule has 1 rings (SSSR count). The molecule has 0 aromatic heterocycles. The normalized spacial score (nSPS) is 10.1. The molecule has 0 aliphatic rings. The van der Waals surface area contributed by atoms with E-state index in [1.807, 2.05) is 18.2 Å². The number of halogens is 1. The van der Waals surface area contributed by atoms with Gasteiger partial charge in [-0.05, 0) is 24.1 Å². The van der Waals surface area contributed by atoms with Gasteiger partial charge in [-0.3, -0.25) is 0 Å². The van der Waals surface area contributed by atoms with Crippen LogP contribution in [-0.2, 0) is 10.6 Å². The standard InChI is InChI=1S/C11H16ClNO/c1-14-7-3-6-13-11-5-2-4-10(8-11)9-12/h2,4-5,8,13H,3,6-7,9H2,1H3. The van der Waals surface area contributed by atoms with Crippen molar-refractivity contribution in [2.75, 3.05) is 25.6 Å². The van der Waals surface area contributed by atoms with Gasteiger partial charge in [0.1, 0.15) is 0 Å². The van der Waals surface area contributed by atoms with Crippen LogP contribution in [0.4, 0.5) is 5.69 Å². The third-order valence-corrected chi connectivity index (χ3v) is 2.24. The molecule has 14 heavy (non-hydrogen) atoms. The summed E-state index contributed by atoms with van der Waals surface area (Å²) >= 11 is 5.73. The van der Waals surface area contributed by atoms with Crippen LogP contribution in [-0.4, -0.2) is 20.3 Å². The summed E-state index contributed by atoms with van der Waals surface area (Å²) < 4.78 is 4.96. The summed E-state index contributed by atoms with van der Waals surface area (Å²) in [5.41, 5.74) is 2.27. The van der Waals surface area contributed by atoms with Gasteiger partial charge in [-0.15, -0.1) is 11.6 Å². The summed E-state index contributed by atoms with van der Waals surface area (Å²) in [7, 11) is 1.72. The van der Waals surface area contributed by atoms with Gasteiger partial charge >= 0.3 is 0 Å². The van der Waals surface area contributed by atoms with Gasteiger partial charge < -0.3 is 10.1 Å². The first-order chi connectivity index (χ1) is 6.86. The average Bonchev–Trinajstić information content (AvgIpc) is 2.25. The fourth-order valence-electron chi connectivity index (χ4n) is 1.21. The van der Waals surface area contributed by atoms with Crippen LogP contribution >= 0.6 is 11.6 Å². The monoisotopic (exact) mass is 213 g/mol. The van der Waals surface area contributed by atoms with Crippen molar-refractivity contribution < 1.29 is 4.74 Å². The van der Waals surface area contributed by atoms with Crippen LogP contribution in [0.2, 0.25) is 0 Å². The highest BCUT2D eigenvalue weighted by atomic mass is 35.5. The van der Waals surface area contributed by atoms with E-state index in [0.29, 0.717) is 5.88 Å². The van der Waals surface area contributed by atoms with Gasteiger partial charge in [0.15, 0.2) is 0 Å². The molecule has 0 aliphatic carbocycles. The fourth-order valence-corrected chi connectivity index (χ4v) is 1.38. The van der Waals surface area contributed by atoms with Crippen molar-refractivity contribution in [2.45, 2.75) is 12.3 Å². The number of ether oxygens (including phenoxy) is 1. The van der Waals surface area contributed by atoms with Gasteiger partial charge in [0.25, 0.3) is 0 Å². The Hall–Kier alpha value is -0.730. The number of hydrogen-bond donors (Lipinski definition) is 1. The number of methoxy groups -OCH3 is 1. The van der Waals surface area contributed by atoms with Crippen molar-refractivity contribution in [1.82, 2.24) is 0 Å². The highest BCUT2D eigenvalue weighted by molar-refractivity contribution is 6.17. The van der Waals surface area contributed by atoms with Crippen molar-refractivity contribution in [3.8, 4) is 0 Å². The molecule has 1 aromatic carbocycles. The maximum absolute atomic E-state index is 5.73. The molecule has 0 bridgehead atoms. The van der Waals surface area contributed by atoms with Crippen LogP contribution in [0.3, 0.4) is 0 Å². The summed E-state index contributed by atoms with van der Waals surface area (Å²) in [6.45, 7) is 1.72. The lowest BCUT2D eigenvalue weighted by Gasteiger charge is -2.06. The molecule has 1 aromatic rings. The number of anilines is 1. The Morgan fingerprint density at radius 2 is 2.29 bits per heavy atom. The zero-order chi connectivity index (χ0) is 10.2. The predicted molar refractivity (Wildman–Crippen MR) is 61.0 cm³/mol. The molecule has 3 heteroatoms. The Bertz CT molecular complexity index is 265. The second-order valence-corrected chi connectivity index (χ2v) is 3.37. The van der Waals surface area contributed by atoms with Crippen LogP contribution in [0.5, 0.6) is 0 Å². The lowest BCUT2D eigenvalue weighted by molar-refractivity contribution is 0.198. The molecule has 0 fully saturated rings. The summed E-state index contributed by atoms with van der Waals surface area (Å²) in [5.74, 6) is 0.563. The summed E-state index contributed by atoms with van der Waals surface area (Å²) in [5, 5.41) is 3.32. The molecule has 0 heterocycles. The molecule has 0 amide bonds. The summed E-state index contributed by atoms with van der Waals surface area (Å²) in [6.07, 6.45) is 1.02. The molecule has 0 spiro atoms. The molecular formula is C11H16ClNO. The van der Waals surface area contributed by atoms with E-state index < -0.39 is 0 Å². The number of nitrogens with one attached hydrogen (secondary N) is 1. The first-order valence-electron chi connectivity index (χ1n) is 4.74. The SMILES string of the molecule is COCCCNc1cccc(CCl)c1. The van der Waals surface area contributed by atoms with Crippen molar-refractivity contribution in [3.05, 3.63) is 29.8 Å². The quantitative estimate of drug-likeness (QED) is 0.580. The van der Waals surface area contributed by atoms with Crippen LogP contribution in [0.25, 0.3) is 0 Å². The van der Waals surface area contributed by atoms with E-state index in [1.165, 1.54) is 0 Å². The van der Waals surface area contributed by atoms with Gasteiger partial charge in [0.05, 0.1) is 0 Å². The fraction of sp³-hybridized carbons (Fsp3) is 0.455. The van der Waals surface area contributed by atoms with Crippen LogP contribution < -0.4 is 5.32 Å². The van der Waals surface area contributed by atoms with Crippen LogP contribution in [0, 0.1) is 0 Å². The Labute approximate surface area is 90.2 Å². The van der Waals surface area contributed by atoms with Gasteiger partial charge in [0.2, 0.25) is 0 Å². The van der Waals surface area contributed by atoms with Gasteiger partial charge in [-0.25, -0.2) is 0 Å². The lowest BCUT2D eigenvalue weighted by Crippen LogP contribution is -2.04. The second-order valence-electron chi connectivity index (χ2n) is 3.11. The van der Waals surface area contributed by atoms with E-state index in [1.54, 1.807) is 7.11 Å². The minimum Gasteiger partial charge on any atom is -0.385 e. The predicted octanol–water partition coefficient (Wildman–Crippen LogP) is 2.87. The molecule has 0 unspecified atom stereocenters. The highest BCUT2D eigenvalue weighted by Gasteiger charge is 1.93. The minimum absolute atomic E-state index is 0.563. The van der Waals surface area contributed by atoms with Crippen molar-refractivity contribution in [1.29, 1.82) is 0 Å². The Morgan fingerprint density at radius 3 is 3.00 bits per heavy atom. The van der Waals surface area contributed by atoms with Crippen molar-refractivity contribution in [2.24, 2.45) is 0 Å². The highest BCUT2D eigenvalue weighted by Crippen LogP contribution is 2.12. The van der Waals surface area contributed by atoms with Gasteiger partial charge in [-0.1, -0.05) is 12.1 Å². The smallest absolute Gasteiger partial charge is 0.0479 e. The minimum atomic E-state index is 0.563. The Kier molecular flexibility index (Phi) is 5.42. The van der Waals surface area contributed by atoms with E-state index in [2.05, 4.69) is 11.4 Å². The summed E-state index contributed by atoms with van der Waals surface area (Å²) in [6, 6.07) is 8.15. The zero-order valence-electron chi connectivity index (χ0n) is 8.42. The zero-order valence-corrected chi connectivity index (χ0v) is 9.18. The molecule has 0 atom stereocenters. The first kappa shape index (κ1) is 11.3. The third kappa shape index (κ3) is 3.99. The van der Waals surface area contributed by atoms with Crippen molar-refractivity contribution in [3.63, 3.8) is 0 Å². The Balaban J connectivity index is 2.34. The molecule has 0 aliphatic heterocycles. The van der Waals surface area contributed by atoms with E-state index >= 15 is 0 Å². The maximum atomic E-state index is 5.73. The van der Waals surface area contributed by atoms with Crippen LogP contribution in [0.15, 0.2) is 24.3 Å². The molecule has 1 N–H and O–H groups in total. The maximum Gasteiger partial charge on any atom is 0.0479 e. The molecule has 2 nitrogen and oxygen atoms in total. The van der Waals surface area contributed by atoms with E-state index in [4.69, 9.17) is 16.3 Å². The number of benzene rings is 1. The van der Waals surface area contributed by atoms with Gasteiger partial charge in [-0.2, -0.15) is 0 Å². The number of hydrogen-bond acceptors (Lipinski definition) is 2. The largest absolute Gasteiger partial charge is 0.385 e. The summed E-state index contributed by atoms with van der Waals surface area (Å²) in [4.78, 5) is 0. The Morgan fingerprint density at radius 1 is 1.43 bits per heavy atom. The molecule has 0 saturated carbocycles. The van der Waals surface area contributed by atoms with Crippen LogP contribution in [0.1, 0.15) is 12.0 Å². The van der Waals surface area contributed by atoms with E-state index in [0.717, 1.165) is 30.8 Å². The number of rotatable bonds is 6.